The topological polar surface area (TPSA) is 0 Å². The Labute approximate surface area is 138 Å². The maximum atomic E-state index is 14.5. The lowest BCUT2D eigenvalue weighted by Crippen LogP contribution is -2.34. The van der Waals surface area contributed by atoms with Crippen LogP contribution in [-0.2, 0) is 11.8 Å². The summed E-state index contributed by atoms with van der Waals surface area (Å²) in [6.45, 7) is 2.06. The van der Waals surface area contributed by atoms with E-state index >= 15 is 0 Å². The van der Waals surface area contributed by atoms with Gasteiger partial charge in [0.2, 0.25) is 0 Å². The first-order valence-corrected chi connectivity index (χ1v) is 8.78. The molecule has 0 aromatic heterocycles. The molecule has 116 valence electrons. The van der Waals surface area contributed by atoms with Gasteiger partial charge in [-0.25, -0.2) is 8.78 Å². The highest BCUT2D eigenvalue weighted by molar-refractivity contribution is 7.99. The van der Waals surface area contributed by atoms with E-state index in [1.54, 1.807) is 0 Å². The smallest absolute Gasteiger partial charge is 0.137 e. The van der Waals surface area contributed by atoms with Gasteiger partial charge < -0.3 is 0 Å². The van der Waals surface area contributed by atoms with Gasteiger partial charge in [-0.2, -0.15) is 0 Å². The Bertz CT molecular complexity index is 684. The number of hydrogen-bond acceptors (Lipinski definition) is 1. The summed E-state index contributed by atoms with van der Waals surface area (Å²) in [7, 11) is 0. The Balaban J connectivity index is 2.08. The summed E-state index contributed by atoms with van der Waals surface area (Å²) in [6.07, 6.45) is 2.34. The van der Waals surface area contributed by atoms with E-state index in [1.165, 1.54) is 23.9 Å². The van der Waals surface area contributed by atoms with Crippen molar-refractivity contribution in [3.8, 4) is 0 Å². The summed E-state index contributed by atoms with van der Waals surface area (Å²) >= 11 is 7.36. The molecule has 3 rings (SSSR count). The second kappa shape index (κ2) is 6.21. The third-order valence-electron chi connectivity index (χ3n) is 4.55. The lowest BCUT2D eigenvalue weighted by Gasteiger charge is -2.39. The summed E-state index contributed by atoms with van der Waals surface area (Å²) < 4.78 is 28.6. The Morgan fingerprint density at radius 1 is 1.09 bits per heavy atom. The largest absolute Gasteiger partial charge is 0.207 e. The van der Waals surface area contributed by atoms with Gasteiger partial charge in [-0.1, -0.05) is 30.7 Å². The van der Waals surface area contributed by atoms with Crippen molar-refractivity contribution >= 4 is 23.4 Å². The normalized spacial score (nSPS) is 20.7. The molecule has 4 heteroatoms. The van der Waals surface area contributed by atoms with Gasteiger partial charge in [-0.05, 0) is 54.8 Å². The van der Waals surface area contributed by atoms with Crippen LogP contribution in [0.3, 0.4) is 0 Å². The zero-order valence-electron chi connectivity index (χ0n) is 12.3. The molecule has 0 bridgehead atoms. The predicted octanol–water partition coefficient (Wildman–Crippen LogP) is 6.00. The number of hydrogen-bond donors (Lipinski definition) is 0. The number of halogens is 3. The highest BCUT2D eigenvalue weighted by Gasteiger charge is 2.39. The van der Waals surface area contributed by atoms with Gasteiger partial charge in [-0.15, -0.1) is 11.8 Å². The van der Waals surface area contributed by atoms with Crippen LogP contribution in [0.5, 0.6) is 0 Å². The number of benzene rings is 2. The van der Waals surface area contributed by atoms with Crippen LogP contribution < -0.4 is 0 Å². The summed E-state index contributed by atoms with van der Waals surface area (Å²) in [4.78, 5) is 0.488. The zero-order chi connectivity index (χ0) is 15.7. The fourth-order valence-electron chi connectivity index (χ4n) is 3.29. The van der Waals surface area contributed by atoms with Gasteiger partial charge in [0.05, 0.1) is 0 Å². The standard InChI is InChI=1S/C18H17ClF2S/c1-2-18(11-12-3-5-13(19)6-4-12)9-10-22-17-15(21)8-7-14(20)16(17)18/h3-8H,2,9-11H2,1H3. The molecule has 2 aromatic rings. The molecule has 0 radical (unpaired) electrons. The molecule has 1 atom stereocenters. The van der Waals surface area contributed by atoms with Crippen molar-refractivity contribution in [2.75, 3.05) is 5.75 Å². The number of rotatable bonds is 3. The SMILES string of the molecule is CCC1(Cc2ccc(Cl)cc2)CCSc2c(F)ccc(F)c21. The van der Waals surface area contributed by atoms with Crippen molar-refractivity contribution in [2.45, 2.75) is 36.5 Å². The first kappa shape index (κ1) is 15.8. The van der Waals surface area contributed by atoms with E-state index in [2.05, 4.69) is 6.92 Å². The van der Waals surface area contributed by atoms with Gasteiger partial charge in [0.25, 0.3) is 0 Å². The van der Waals surface area contributed by atoms with Crippen LogP contribution in [0.25, 0.3) is 0 Å². The molecule has 1 heterocycles. The monoisotopic (exact) mass is 338 g/mol. The first-order chi connectivity index (χ1) is 10.6. The van der Waals surface area contributed by atoms with Crippen LogP contribution in [0, 0.1) is 11.6 Å². The van der Waals surface area contributed by atoms with Crippen LogP contribution in [0.15, 0.2) is 41.3 Å². The molecule has 0 nitrogen and oxygen atoms in total. The van der Waals surface area contributed by atoms with Crippen LogP contribution in [0.1, 0.15) is 30.9 Å². The number of thioether (sulfide) groups is 1. The third kappa shape index (κ3) is 2.77. The molecule has 1 aliphatic heterocycles. The lowest BCUT2D eigenvalue weighted by molar-refractivity contribution is 0.358. The summed E-state index contributed by atoms with van der Waals surface area (Å²) in [5.41, 5.74) is 1.31. The Morgan fingerprint density at radius 3 is 2.45 bits per heavy atom. The van der Waals surface area contributed by atoms with E-state index in [9.17, 15) is 8.78 Å². The molecule has 0 saturated heterocycles. The highest BCUT2D eigenvalue weighted by Crippen LogP contribution is 2.48. The average molecular weight is 339 g/mol. The van der Waals surface area contributed by atoms with Crippen molar-refractivity contribution < 1.29 is 8.78 Å². The lowest BCUT2D eigenvalue weighted by atomic mass is 9.71. The molecule has 0 saturated carbocycles. The minimum atomic E-state index is -0.347. The quantitative estimate of drug-likeness (QED) is 0.661. The highest BCUT2D eigenvalue weighted by atomic mass is 35.5. The molecular weight excluding hydrogens is 322 g/mol. The van der Waals surface area contributed by atoms with E-state index in [0.29, 0.717) is 21.9 Å². The fraction of sp³-hybridized carbons (Fsp3) is 0.333. The van der Waals surface area contributed by atoms with Gasteiger partial charge in [0.1, 0.15) is 11.6 Å². The molecular formula is C18H17ClF2S. The summed E-state index contributed by atoms with van der Waals surface area (Å²) in [5, 5.41) is 0.686. The van der Waals surface area contributed by atoms with Crippen molar-refractivity contribution in [1.82, 2.24) is 0 Å². The Morgan fingerprint density at radius 2 is 1.77 bits per heavy atom. The zero-order valence-corrected chi connectivity index (χ0v) is 13.9. The van der Waals surface area contributed by atoms with E-state index in [-0.39, 0.29) is 17.0 Å². The summed E-state index contributed by atoms with van der Waals surface area (Å²) in [6, 6.07) is 10.1. The molecule has 0 N–H and O–H groups in total. The summed E-state index contributed by atoms with van der Waals surface area (Å²) in [5.74, 6) is 0.212. The maximum Gasteiger partial charge on any atom is 0.137 e. The Hall–Kier alpha value is -1.06. The van der Waals surface area contributed by atoms with Gasteiger partial charge in [-0.3, -0.25) is 0 Å². The second-order valence-electron chi connectivity index (χ2n) is 5.77. The van der Waals surface area contributed by atoms with E-state index < -0.39 is 0 Å². The van der Waals surface area contributed by atoms with Crippen LogP contribution >= 0.6 is 23.4 Å². The van der Waals surface area contributed by atoms with Gasteiger partial charge in [0.15, 0.2) is 0 Å². The fourth-order valence-corrected chi connectivity index (χ4v) is 4.78. The average Bonchev–Trinajstić information content (AvgIpc) is 2.53. The van der Waals surface area contributed by atoms with Crippen molar-refractivity contribution in [3.05, 3.63) is 64.2 Å². The Kier molecular flexibility index (Phi) is 4.47. The minimum absolute atomic E-state index is 0.292. The molecule has 1 unspecified atom stereocenters. The molecule has 0 aliphatic carbocycles. The van der Waals surface area contributed by atoms with Crippen LogP contribution in [0.2, 0.25) is 5.02 Å². The van der Waals surface area contributed by atoms with Gasteiger partial charge >= 0.3 is 0 Å². The number of fused-ring (bicyclic) bond motifs is 1. The van der Waals surface area contributed by atoms with Crippen molar-refractivity contribution in [2.24, 2.45) is 0 Å². The first-order valence-electron chi connectivity index (χ1n) is 7.41. The van der Waals surface area contributed by atoms with E-state index in [1.807, 2.05) is 24.3 Å². The minimum Gasteiger partial charge on any atom is -0.207 e. The van der Waals surface area contributed by atoms with Crippen molar-refractivity contribution in [3.63, 3.8) is 0 Å². The third-order valence-corrected chi connectivity index (χ3v) is 5.90. The predicted molar refractivity (Wildman–Crippen MR) is 88.8 cm³/mol. The molecule has 22 heavy (non-hydrogen) atoms. The maximum absolute atomic E-state index is 14.5. The van der Waals surface area contributed by atoms with Crippen molar-refractivity contribution in [1.29, 1.82) is 0 Å². The molecule has 0 spiro atoms. The second-order valence-corrected chi connectivity index (χ2v) is 7.31. The van der Waals surface area contributed by atoms with E-state index in [0.717, 1.165) is 24.2 Å². The van der Waals surface area contributed by atoms with Gasteiger partial charge in [0, 0.05) is 20.9 Å². The van der Waals surface area contributed by atoms with E-state index in [4.69, 9.17) is 11.6 Å². The van der Waals surface area contributed by atoms with Crippen LogP contribution in [-0.4, -0.2) is 5.75 Å². The molecule has 0 amide bonds. The van der Waals surface area contributed by atoms with Crippen LogP contribution in [0.4, 0.5) is 8.78 Å². The molecule has 1 aliphatic rings. The molecule has 2 aromatic carbocycles. The molecule has 0 fully saturated rings.